The van der Waals surface area contributed by atoms with Crippen LogP contribution in [0.4, 0.5) is 10.5 Å². The van der Waals surface area contributed by atoms with Crippen LogP contribution in [-0.4, -0.2) is 61.7 Å². The number of methoxy groups -OCH3 is 4. The van der Waals surface area contributed by atoms with E-state index in [9.17, 15) is 18.0 Å². The van der Waals surface area contributed by atoms with Gasteiger partial charge in [-0.1, -0.05) is 17.7 Å². The maximum atomic E-state index is 13.7. The lowest BCUT2D eigenvalue weighted by Gasteiger charge is -2.24. The monoisotopic (exact) mass is 571 g/mol. The van der Waals surface area contributed by atoms with Crippen LogP contribution in [0, 0.1) is 6.92 Å². The summed E-state index contributed by atoms with van der Waals surface area (Å²) in [6.07, 6.45) is 0.412. The minimum absolute atomic E-state index is 0.0941. The Morgan fingerprint density at radius 3 is 2.10 bits per heavy atom. The molecule has 0 heterocycles. The van der Waals surface area contributed by atoms with Gasteiger partial charge in [-0.3, -0.25) is 9.10 Å². The molecular formula is C27H29N3O9S. The predicted octanol–water partition coefficient (Wildman–Crippen LogP) is 3.51. The van der Waals surface area contributed by atoms with E-state index in [4.69, 9.17) is 18.9 Å². The summed E-state index contributed by atoms with van der Waals surface area (Å²) in [4.78, 5) is 24.1. The number of hydrogen-bond donors (Lipinski definition) is 1. The van der Waals surface area contributed by atoms with Gasteiger partial charge in [0.25, 0.3) is 15.9 Å². The highest BCUT2D eigenvalue weighted by atomic mass is 32.2. The highest BCUT2D eigenvalue weighted by Gasteiger charge is 2.28. The first kappa shape index (κ1) is 29.8. The zero-order valence-electron chi connectivity index (χ0n) is 22.5. The van der Waals surface area contributed by atoms with E-state index in [1.165, 1.54) is 65.0 Å². The van der Waals surface area contributed by atoms with E-state index in [-0.39, 0.29) is 27.8 Å². The van der Waals surface area contributed by atoms with Gasteiger partial charge in [0, 0.05) is 6.07 Å². The Balaban J connectivity index is 1.83. The highest BCUT2D eigenvalue weighted by molar-refractivity contribution is 7.92. The molecule has 0 aliphatic heterocycles. The van der Waals surface area contributed by atoms with Gasteiger partial charge in [0.15, 0.2) is 23.0 Å². The van der Waals surface area contributed by atoms with Crippen LogP contribution < -0.4 is 28.7 Å². The molecular weight excluding hydrogens is 542 g/mol. The molecule has 13 heteroatoms. The maximum Gasteiger partial charge on any atom is 0.513 e. The van der Waals surface area contributed by atoms with E-state index in [1.54, 1.807) is 30.3 Å². The number of nitrogens with one attached hydrogen (secondary N) is 1. The summed E-state index contributed by atoms with van der Waals surface area (Å²) in [5.74, 6) is 0.243. The van der Waals surface area contributed by atoms with Crippen molar-refractivity contribution >= 4 is 34.0 Å². The second-order valence-corrected chi connectivity index (χ2v) is 9.99. The van der Waals surface area contributed by atoms with Gasteiger partial charge in [0.05, 0.1) is 45.2 Å². The summed E-state index contributed by atoms with van der Waals surface area (Å²) in [5, 5.41) is 3.92. The number of ether oxygens (including phenoxy) is 5. The van der Waals surface area contributed by atoms with E-state index >= 15 is 0 Å². The van der Waals surface area contributed by atoms with Crippen molar-refractivity contribution < 1.29 is 41.7 Å². The summed E-state index contributed by atoms with van der Waals surface area (Å²) < 4.78 is 53.4. The number of benzene rings is 3. The number of carbonyl (C=O) groups excluding carboxylic acids is 2. The highest BCUT2D eigenvalue weighted by Crippen LogP contribution is 2.32. The third-order valence-corrected chi connectivity index (χ3v) is 7.27. The molecule has 3 aromatic carbocycles. The Kier molecular flexibility index (Phi) is 9.92. The molecule has 3 aromatic rings. The van der Waals surface area contributed by atoms with E-state index in [2.05, 4.69) is 15.3 Å². The first-order valence-corrected chi connectivity index (χ1v) is 13.1. The van der Waals surface area contributed by atoms with Crippen molar-refractivity contribution in [3.8, 4) is 23.0 Å². The molecule has 0 unspecified atom stereocenters. The average molecular weight is 572 g/mol. The van der Waals surface area contributed by atoms with Crippen molar-refractivity contribution in [3.63, 3.8) is 0 Å². The first-order valence-electron chi connectivity index (χ1n) is 11.7. The van der Waals surface area contributed by atoms with Crippen LogP contribution in [0.15, 0.2) is 70.7 Å². The Morgan fingerprint density at radius 2 is 1.48 bits per heavy atom. The van der Waals surface area contributed by atoms with Crippen LogP contribution in [0.1, 0.15) is 11.1 Å². The molecule has 12 nitrogen and oxygen atoms in total. The Hall–Kier alpha value is -4.78. The van der Waals surface area contributed by atoms with Crippen molar-refractivity contribution in [2.75, 3.05) is 39.3 Å². The molecule has 0 saturated heterocycles. The van der Waals surface area contributed by atoms with Gasteiger partial charge < -0.3 is 23.7 Å². The third-order valence-electron chi connectivity index (χ3n) is 5.50. The van der Waals surface area contributed by atoms with Gasteiger partial charge in [0.1, 0.15) is 6.54 Å². The van der Waals surface area contributed by atoms with Crippen molar-refractivity contribution in [3.05, 3.63) is 71.8 Å². The normalized spacial score (nSPS) is 11.0. The number of amides is 1. The topological polar surface area (TPSA) is 142 Å². The van der Waals surface area contributed by atoms with Crippen molar-refractivity contribution in [2.45, 2.75) is 11.8 Å². The molecule has 0 atom stereocenters. The first-order chi connectivity index (χ1) is 19.1. The quantitative estimate of drug-likeness (QED) is 0.158. The van der Waals surface area contributed by atoms with Gasteiger partial charge >= 0.3 is 6.16 Å². The van der Waals surface area contributed by atoms with Crippen LogP contribution in [0.3, 0.4) is 0 Å². The zero-order valence-corrected chi connectivity index (χ0v) is 23.4. The molecule has 212 valence electrons. The number of hydrazone groups is 1. The van der Waals surface area contributed by atoms with Crippen LogP contribution in [0.2, 0.25) is 0 Å². The molecule has 0 fully saturated rings. The van der Waals surface area contributed by atoms with E-state index < -0.39 is 28.6 Å². The molecule has 40 heavy (non-hydrogen) atoms. The SMILES string of the molecule is COC(=O)Oc1ccc(/C=N\NC(=O)CN(c2ccc(C)cc2)S(=O)(=O)c2ccc(OC)c(OC)c2)cc1OC. The van der Waals surface area contributed by atoms with Gasteiger partial charge in [0.2, 0.25) is 0 Å². The fourth-order valence-corrected chi connectivity index (χ4v) is 4.89. The van der Waals surface area contributed by atoms with E-state index in [1.807, 2.05) is 6.92 Å². The van der Waals surface area contributed by atoms with Gasteiger partial charge in [-0.15, -0.1) is 0 Å². The number of rotatable bonds is 11. The Morgan fingerprint density at radius 1 is 0.850 bits per heavy atom. The second-order valence-electron chi connectivity index (χ2n) is 8.12. The third kappa shape index (κ3) is 7.20. The lowest BCUT2D eigenvalue weighted by Crippen LogP contribution is -2.39. The Labute approximate surface area is 232 Å². The van der Waals surface area contributed by atoms with Crippen LogP contribution >= 0.6 is 0 Å². The van der Waals surface area contributed by atoms with Crippen LogP contribution in [0.25, 0.3) is 0 Å². The molecule has 3 rings (SSSR count). The number of carbonyl (C=O) groups is 2. The molecule has 1 amide bonds. The molecule has 0 spiro atoms. The molecule has 0 radical (unpaired) electrons. The summed E-state index contributed by atoms with van der Waals surface area (Å²) in [6, 6.07) is 15.4. The fraction of sp³-hybridized carbons (Fsp3) is 0.222. The lowest BCUT2D eigenvalue weighted by atomic mass is 10.2. The van der Waals surface area contributed by atoms with Gasteiger partial charge in [-0.05, 0) is 55.0 Å². The Bertz CT molecular complexity index is 1490. The van der Waals surface area contributed by atoms with Crippen molar-refractivity contribution in [1.29, 1.82) is 0 Å². The minimum Gasteiger partial charge on any atom is -0.493 e. The number of aryl methyl sites for hydroxylation is 1. The van der Waals surface area contributed by atoms with Gasteiger partial charge in [-0.25, -0.2) is 18.6 Å². The second kappa shape index (κ2) is 13.3. The van der Waals surface area contributed by atoms with Crippen LogP contribution in [0.5, 0.6) is 23.0 Å². The predicted molar refractivity (Wildman–Crippen MR) is 147 cm³/mol. The van der Waals surface area contributed by atoms with Crippen molar-refractivity contribution in [1.82, 2.24) is 5.43 Å². The van der Waals surface area contributed by atoms with Gasteiger partial charge in [-0.2, -0.15) is 5.10 Å². The number of hydrogen-bond acceptors (Lipinski definition) is 10. The van der Waals surface area contributed by atoms with Crippen molar-refractivity contribution in [2.24, 2.45) is 5.10 Å². The number of sulfonamides is 1. The number of anilines is 1. The smallest absolute Gasteiger partial charge is 0.493 e. The molecule has 0 saturated carbocycles. The fourth-order valence-electron chi connectivity index (χ4n) is 3.46. The summed E-state index contributed by atoms with van der Waals surface area (Å²) >= 11 is 0. The average Bonchev–Trinajstić information content (AvgIpc) is 2.96. The summed E-state index contributed by atoms with van der Waals surface area (Å²) in [7, 11) is 1.20. The molecule has 0 aliphatic rings. The lowest BCUT2D eigenvalue weighted by molar-refractivity contribution is -0.119. The number of nitrogens with zero attached hydrogens (tertiary/aromatic N) is 2. The molecule has 1 N–H and O–H groups in total. The zero-order chi connectivity index (χ0) is 29.3. The molecule has 0 aliphatic carbocycles. The largest absolute Gasteiger partial charge is 0.513 e. The summed E-state index contributed by atoms with van der Waals surface area (Å²) in [6.45, 7) is 1.30. The van der Waals surface area contributed by atoms with Crippen LogP contribution in [-0.2, 0) is 19.6 Å². The maximum absolute atomic E-state index is 13.7. The standard InChI is InChI=1S/C27H29N3O9S/c1-18-6-9-20(10-7-18)30(40(33,34)21-11-13-22(35-2)25(15-21)37-4)17-26(31)29-28-16-19-8-12-23(24(14-19)36-3)39-27(32)38-5/h6-16H,17H2,1-5H3,(H,29,31)/b28-16-. The summed E-state index contributed by atoms with van der Waals surface area (Å²) in [5.41, 5.74) is 4.04. The van der Waals surface area contributed by atoms with E-state index in [0.29, 0.717) is 11.3 Å². The van der Waals surface area contributed by atoms with E-state index in [0.717, 1.165) is 9.87 Å². The molecule has 0 bridgehead atoms. The minimum atomic E-state index is -4.21. The molecule has 0 aromatic heterocycles.